The molecular formula is C22H26N2. The normalized spacial score (nSPS) is 11.4. The van der Waals surface area contributed by atoms with E-state index >= 15 is 0 Å². The van der Waals surface area contributed by atoms with E-state index in [4.69, 9.17) is 0 Å². The van der Waals surface area contributed by atoms with Crippen LogP contribution in [0.2, 0.25) is 0 Å². The molecule has 0 aliphatic rings. The molecule has 0 bridgehead atoms. The van der Waals surface area contributed by atoms with Gasteiger partial charge in [-0.15, -0.1) is 6.58 Å². The number of nitrogens with zero attached hydrogens (tertiary/aromatic N) is 2. The van der Waals surface area contributed by atoms with Gasteiger partial charge >= 0.3 is 0 Å². The van der Waals surface area contributed by atoms with Crippen molar-refractivity contribution in [2.45, 2.75) is 39.0 Å². The summed E-state index contributed by atoms with van der Waals surface area (Å²) >= 11 is 0. The minimum absolute atomic E-state index is 0.893. The molecule has 0 radical (unpaired) electrons. The highest BCUT2D eigenvalue weighted by Crippen LogP contribution is 2.08. The summed E-state index contributed by atoms with van der Waals surface area (Å²) in [5.74, 6) is 0. The number of hydrogen-bond acceptors (Lipinski definition) is 2. The Morgan fingerprint density at radius 1 is 0.792 bits per heavy atom. The SMILES string of the molecule is C=CCc1ccc(/C=N/N=C/c2ccc(CCCCC)cc2)cc1. The quantitative estimate of drug-likeness (QED) is 0.249. The van der Waals surface area contributed by atoms with E-state index in [0.717, 1.165) is 24.0 Å². The molecule has 0 saturated carbocycles. The van der Waals surface area contributed by atoms with Crippen LogP contribution in [0.4, 0.5) is 0 Å². The average Bonchev–Trinajstić information content (AvgIpc) is 2.62. The van der Waals surface area contributed by atoms with Crippen LogP contribution in [-0.2, 0) is 12.8 Å². The van der Waals surface area contributed by atoms with Gasteiger partial charge in [-0.2, -0.15) is 10.2 Å². The van der Waals surface area contributed by atoms with Gasteiger partial charge in [0.15, 0.2) is 0 Å². The van der Waals surface area contributed by atoms with Crippen molar-refractivity contribution in [3.63, 3.8) is 0 Å². The van der Waals surface area contributed by atoms with Gasteiger partial charge < -0.3 is 0 Å². The number of hydrogen-bond donors (Lipinski definition) is 0. The number of aryl methyl sites for hydroxylation is 1. The third-order valence-electron chi connectivity index (χ3n) is 3.89. The minimum Gasteiger partial charge on any atom is -0.159 e. The second-order valence-electron chi connectivity index (χ2n) is 5.92. The van der Waals surface area contributed by atoms with E-state index in [2.05, 4.69) is 60.1 Å². The summed E-state index contributed by atoms with van der Waals surface area (Å²) in [7, 11) is 0. The van der Waals surface area contributed by atoms with Gasteiger partial charge in [-0.25, -0.2) is 0 Å². The molecule has 0 unspecified atom stereocenters. The van der Waals surface area contributed by atoms with Crippen LogP contribution in [0.5, 0.6) is 0 Å². The molecule has 124 valence electrons. The molecule has 0 atom stereocenters. The maximum Gasteiger partial charge on any atom is 0.0568 e. The first-order chi connectivity index (χ1) is 11.8. The Morgan fingerprint density at radius 2 is 1.33 bits per heavy atom. The molecular weight excluding hydrogens is 292 g/mol. The van der Waals surface area contributed by atoms with Gasteiger partial charge in [0, 0.05) is 0 Å². The topological polar surface area (TPSA) is 24.7 Å². The summed E-state index contributed by atoms with van der Waals surface area (Å²) in [4.78, 5) is 0. The zero-order chi connectivity index (χ0) is 17.0. The van der Waals surface area contributed by atoms with Crippen molar-refractivity contribution < 1.29 is 0 Å². The monoisotopic (exact) mass is 318 g/mol. The molecule has 0 aliphatic carbocycles. The lowest BCUT2D eigenvalue weighted by Crippen LogP contribution is -1.87. The van der Waals surface area contributed by atoms with Crippen LogP contribution in [0, 0.1) is 0 Å². The van der Waals surface area contributed by atoms with Gasteiger partial charge in [-0.05, 0) is 41.5 Å². The Kier molecular flexibility index (Phi) is 7.69. The molecule has 2 aromatic rings. The van der Waals surface area contributed by atoms with E-state index in [0.29, 0.717) is 0 Å². The lowest BCUT2D eigenvalue weighted by atomic mass is 10.1. The summed E-state index contributed by atoms with van der Waals surface area (Å²) in [5.41, 5.74) is 4.77. The van der Waals surface area contributed by atoms with E-state index in [1.54, 1.807) is 12.4 Å². The second kappa shape index (κ2) is 10.3. The molecule has 0 aliphatic heterocycles. The van der Waals surface area contributed by atoms with E-state index in [1.807, 2.05) is 18.2 Å². The van der Waals surface area contributed by atoms with Crippen LogP contribution in [0.15, 0.2) is 71.4 Å². The number of rotatable bonds is 9. The molecule has 0 saturated heterocycles. The fourth-order valence-corrected chi connectivity index (χ4v) is 2.46. The Bertz CT molecular complexity index is 664. The molecule has 0 N–H and O–H groups in total. The molecule has 0 fully saturated rings. The Hall–Kier alpha value is -2.48. The van der Waals surface area contributed by atoms with Crippen molar-refractivity contribution in [2.24, 2.45) is 10.2 Å². The van der Waals surface area contributed by atoms with Crippen molar-refractivity contribution in [3.05, 3.63) is 83.4 Å². The van der Waals surface area contributed by atoms with Crippen LogP contribution in [0.25, 0.3) is 0 Å². The fraction of sp³-hybridized carbons (Fsp3) is 0.273. The van der Waals surface area contributed by atoms with Gasteiger partial charge in [0.1, 0.15) is 0 Å². The zero-order valence-corrected chi connectivity index (χ0v) is 14.5. The Morgan fingerprint density at radius 3 is 1.83 bits per heavy atom. The highest BCUT2D eigenvalue weighted by Gasteiger charge is 1.94. The van der Waals surface area contributed by atoms with Crippen molar-refractivity contribution in [1.29, 1.82) is 0 Å². The average molecular weight is 318 g/mol. The van der Waals surface area contributed by atoms with Gasteiger partial charge in [-0.3, -0.25) is 0 Å². The summed E-state index contributed by atoms with van der Waals surface area (Å²) < 4.78 is 0. The first-order valence-corrected chi connectivity index (χ1v) is 8.67. The van der Waals surface area contributed by atoms with Crippen LogP contribution < -0.4 is 0 Å². The third kappa shape index (κ3) is 6.33. The zero-order valence-electron chi connectivity index (χ0n) is 14.5. The summed E-state index contributed by atoms with van der Waals surface area (Å²) in [6.45, 7) is 5.98. The highest BCUT2D eigenvalue weighted by molar-refractivity contribution is 5.82. The Labute approximate surface area is 145 Å². The first kappa shape index (κ1) is 17.9. The summed E-state index contributed by atoms with van der Waals surface area (Å²) in [6, 6.07) is 16.8. The molecule has 2 heteroatoms. The van der Waals surface area contributed by atoms with E-state index in [-0.39, 0.29) is 0 Å². The van der Waals surface area contributed by atoms with Gasteiger partial charge in [0.2, 0.25) is 0 Å². The Balaban J connectivity index is 1.85. The highest BCUT2D eigenvalue weighted by atomic mass is 15.2. The molecule has 0 amide bonds. The maximum absolute atomic E-state index is 4.13. The van der Waals surface area contributed by atoms with Crippen LogP contribution in [-0.4, -0.2) is 12.4 Å². The van der Waals surface area contributed by atoms with Crippen molar-refractivity contribution in [2.75, 3.05) is 0 Å². The van der Waals surface area contributed by atoms with Crippen molar-refractivity contribution in [1.82, 2.24) is 0 Å². The smallest absolute Gasteiger partial charge is 0.0568 e. The van der Waals surface area contributed by atoms with Gasteiger partial charge in [0.25, 0.3) is 0 Å². The van der Waals surface area contributed by atoms with Crippen LogP contribution in [0.3, 0.4) is 0 Å². The fourth-order valence-electron chi connectivity index (χ4n) is 2.46. The maximum atomic E-state index is 4.13. The minimum atomic E-state index is 0.893. The predicted molar refractivity (Wildman–Crippen MR) is 105 cm³/mol. The molecule has 2 aromatic carbocycles. The predicted octanol–water partition coefficient (Wildman–Crippen LogP) is 5.60. The van der Waals surface area contributed by atoms with Gasteiger partial charge in [0.05, 0.1) is 12.4 Å². The van der Waals surface area contributed by atoms with E-state index < -0.39 is 0 Å². The number of allylic oxidation sites excluding steroid dienone is 1. The lowest BCUT2D eigenvalue weighted by Gasteiger charge is -2.00. The molecule has 0 heterocycles. The summed E-state index contributed by atoms with van der Waals surface area (Å²) in [5, 5.41) is 8.25. The number of unbranched alkanes of at least 4 members (excludes halogenated alkanes) is 2. The van der Waals surface area contributed by atoms with Crippen LogP contribution in [0.1, 0.15) is 48.4 Å². The van der Waals surface area contributed by atoms with E-state index in [9.17, 15) is 0 Å². The third-order valence-corrected chi connectivity index (χ3v) is 3.89. The molecule has 0 spiro atoms. The summed E-state index contributed by atoms with van der Waals surface area (Å²) in [6.07, 6.45) is 11.3. The first-order valence-electron chi connectivity index (χ1n) is 8.67. The molecule has 2 nitrogen and oxygen atoms in total. The van der Waals surface area contributed by atoms with Crippen molar-refractivity contribution in [3.8, 4) is 0 Å². The van der Waals surface area contributed by atoms with Crippen molar-refractivity contribution >= 4 is 12.4 Å². The molecule has 24 heavy (non-hydrogen) atoms. The molecule has 2 rings (SSSR count). The lowest BCUT2D eigenvalue weighted by molar-refractivity contribution is 0.717. The molecule has 0 aromatic heterocycles. The van der Waals surface area contributed by atoms with Crippen LogP contribution >= 0.6 is 0 Å². The van der Waals surface area contributed by atoms with Gasteiger partial charge in [-0.1, -0.05) is 74.4 Å². The number of benzene rings is 2. The standard InChI is InChI=1S/C22H26N2/c1-3-5-6-8-20-11-15-22(16-12-20)18-24-23-17-21-13-9-19(7-4-2)10-14-21/h4,9-18H,2-3,5-8H2,1H3/b23-17+,24-18+. The second-order valence-corrected chi connectivity index (χ2v) is 5.92. The largest absolute Gasteiger partial charge is 0.159 e. The van der Waals surface area contributed by atoms with E-state index in [1.165, 1.54) is 30.4 Å².